The predicted molar refractivity (Wildman–Crippen MR) is 257 cm³/mol. The van der Waals surface area contributed by atoms with Gasteiger partial charge in [0.05, 0.1) is 18.3 Å². The van der Waals surface area contributed by atoms with E-state index >= 15 is 0 Å². The maximum absolute atomic E-state index is 14.1. The fourth-order valence-corrected chi connectivity index (χ4v) is 11.5. The van der Waals surface area contributed by atoms with E-state index in [4.69, 9.17) is 27.2 Å². The summed E-state index contributed by atoms with van der Waals surface area (Å²) in [5.41, 5.74) is 0.990. The highest BCUT2D eigenvalue weighted by Gasteiger charge is 2.52. The Hall–Kier alpha value is 0.0375. The number of rotatable bonds is 24. The number of Topliss-reactive ketones (excluding diaryl/α,β-unsaturated/α-hetero) is 1. The van der Waals surface area contributed by atoms with Gasteiger partial charge in [0.2, 0.25) is 0 Å². The van der Waals surface area contributed by atoms with Gasteiger partial charge in [-0.2, -0.15) is 0 Å². The SMILES string of the molecule is C=C(C)C(O[Si](C)(C)C(C)(C)C)[C@H](C[C@H](C)CC(=O)C[C@H](C)C[C@H](O[Si](C)(C)C(C)(C)C)[C@H](O[Si](C)(C)C(C)(C)C)C(C)(OCC)OCC)O[Si](C)(C)C(C)(C)C. The maximum atomic E-state index is 14.1. The minimum atomic E-state index is -2.33. The molecule has 0 aliphatic rings. The fraction of sp³-hybridized carbons (Fsp3) is 0.935. The zero-order chi connectivity index (χ0) is 45.6. The van der Waals surface area contributed by atoms with Crippen LogP contribution >= 0.6 is 0 Å². The summed E-state index contributed by atoms with van der Waals surface area (Å²) in [4.78, 5) is 14.1. The second-order valence-electron chi connectivity index (χ2n) is 23.8. The largest absolute Gasteiger partial charge is 0.411 e. The minimum absolute atomic E-state index is 0.0200. The normalized spacial score (nSPS) is 17.9. The molecule has 0 aliphatic heterocycles. The van der Waals surface area contributed by atoms with Crippen LogP contribution in [0.15, 0.2) is 12.2 Å². The molecule has 0 amide bonds. The van der Waals surface area contributed by atoms with Crippen molar-refractivity contribution in [1.82, 2.24) is 0 Å². The topological polar surface area (TPSA) is 72.5 Å². The molecule has 0 saturated heterocycles. The van der Waals surface area contributed by atoms with Crippen LogP contribution in [0.5, 0.6) is 0 Å². The molecule has 0 rings (SSSR count). The van der Waals surface area contributed by atoms with Gasteiger partial charge in [-0.25, -0.2) is 0 Å². The average Bonchev–Trinajstić information content (AvgIpc) is 2.95. The summed E-state index contributed by atoms with van der Waals surface area (Å²) in [5.74, 6) is -0.585. The quantitative estimate of drug-likeness (QED) is 0.0543. The maximum Gasteiger partial charge on any atom is 0.193 e. The van der Waals surface area contributed by atoms with E-state index in [0.717, 1.165) is 12.0 Å². The molecular formula is C46H98O7Si4. The molecule has 0 aliphatic carbocycles. The van der Waals surface area contributed by atoms with Gasteiger partial charge in [0.25, 0.3) is 0 Å². The number of carbonyl (C=O) groups is 1. The van der Waals surface area contributed by atoms with Gasteiger partial charge in [0.15, 0.2) is 39.1 Å². The molecule has 0 heterocycles. The van der Waals surface area contributed by atoms with Crippen LogP contribution < -0.4 is 0 Å². The summed E-state index contributed by atoms with van der Waals surface area (Å²) in [7, 11) is -8.96. The summed E-state index contributed by atoms with van der Waals surface area (Å²) in [6, 6.07) is 0. The first-order chi connectivity index (χ1) is 25.1. The molecule has 57 heavy (non-hydrogen) atoms. The minimum Gasteiger partial charge on any atom is -0.411 e. The molecule has 0 radical (unpaired) electrons. The molecular weight excluding hydrogens is 777 g/mol. The van der Waals surface area contributed by atoms with Gasteiger partial charge in [-0.1, -0.05) is 109 Å². The average molecular weight is 876 g/mol. The van der Waals surface area contributed by atoms with Crippen molar-refractivity contribution in [3.63, 3.8) is 0 Å². The summed E-state index contributed by atoms with van der Waals surface area (Å²) in [5, 5.41) is 0.0261. The van der Waals surface area contributed by atoms with Crippen LogP contribution in [0.25, 0.3) is 0 Å². The summed E-state index contributed by atoms with van der Waals surface area (Å²) in [6.45, 7) is 63.6. The van der Waals surface area contributed by atoms with Crippen molar-refractivity contribution in [2.24, 2.45) is 11.8 Å². The molecule has 0 aromatic carbocycles. The second-order valence-corrected chi connectivity index (χ2v) is 42.8. The number of hydrogen-bond acceptors (Lipinski definition) is 7. The zero-order valence-corrected chi connectivity index (χ0v) is 46.8. The van der Waals surface area contributed by atoms with E-state index in [1.54, 1.807) is 0 Å². The van der Waals surface area contributed by atoms with Gasteiger partial charge in [-0.3, -0.25) is 4.79 Å². The van der Waals surface area contributed by atoms with Crippen molar-refractivity contribution >= 4 is 39.1 Å². The zero-order valence-electron chi connectivity index (χ0n) is 42.8. The van der Waals surface area contributed by atoms with Crippen LogP contribution in [0.2, 0.25) is 72.5 Å². The molecule has 11 heteroatoms. The Kier molecular flexibility index (Phi) is 21.0. The third kappa shape index (κ3) is 17.0. The standard InChI is InChI=1S/C46H98O7Si4/c1-28-48-46(19,49-29-2)41(53-57(26,27)45(16,17)18)39(51-55(22,23)43(10,11)12)33-36(6)31-37(47)30-35(5)32-38(50-54(20,21)42(7,8)9)40(34(3)4)52-56(24,25)44(13,14)15/h35-36,38-41H,3,28-33H2,1-2,4-27H3/t35-,36+,38+,39+,40?,41+/m1/s1. The third-order valence-corrected chi connectivity index (χ3v) is 31.8. The fourth-order valence-electron chi connectivity index (χ4n) is 6.18. The Bertz CT molecular complexity index is 1250. The van der Waals surface area contributed by atoms with Crippen molar-refractivity contribution in [2.75, 3.05) is 13.2 Å². The molecule has 0 aromatic heterocycles. The summed E-state index contributed by atoms with van der Waals surface area (Å²) in [6.07, 6.45) is 1.14. The lowest BCUT2D eigenvalue weighted by molar-refractivity contribution is -0.280. The van der Waals surface area contributed by atoms with Gasteiger partial charge in [-0.15, -0.1) is 0 Å². The van der Waals surface area contributed by atoms with Crippen LogP contribution in [0.3, 0.4) is 0 Å². The Morgan fingerprint density at radius 2 is 0.825 bits per heavy atom. The predicted octanol–water partition coefficient (Wildman–Crippen LogP) is 14.3. The van der Waals surface area contributed by atoms with E-state index < -0.39 is 45.2 Å². The number of carbonyl (C=O) groups excluding carboxylic acids is 1. The molecule has 1 unspecified atom stereocenters. The van der Waals surface area contributed by atoms with Crippen LogP contribution in [-0.2, 0) is 32.0 Å². The Labute approximate surface area is 359 Å². The lowest BCUT2D eigenvalue weighted by Gasteiger charge is -2.50. The van der Waals surface area contributed by atoms with Crippen LogP contribution in [-0.4, -0.2) is 82.5 Å². The van der Waals surface area contributed by atoms with E-state index in [0.29, 0.717) is 32.5 Å². The van der Waals surface area contributed by atoms with Crippen LogP contribution in [0.1, 0.15) is 150 Å². The molecule has 0 saturated carbocycles. The summed E-state index contributed by atoms with van der Waals surface area (Å²) < 4.78 is 42.0. The van der Waals surface area contributed by atoms with Crippen molar-refractivity contribution in [3.05, 3.63) is 12.2 Å². The first kappa shape index (κ1) is 57.0. The molecule has 0 spiro atoms. The Balaban J connectivity index is 6.81. The lowest BCUT2D eigenvalue weighted by Crippen LogP contribution is -2.61. The number of hydrogen-bond donors (Lipinski definition) is 0. The second kappa shape index (κ2) is 20.9. The van der Waals surface area contributed by atoms with Crippen LogP contribution in [0.4, 0.5) is 0 Å². The van der Waals surface area contributed by atoms with Gasteiger partial charge in [0.1, 0.15) is 11.9 Å². The molecule has 340 valence electrons. The Morgan fingerprint density at radius 1 is 0.526 bits per heavy atom. The molecule has 0 aromatic rings. The van der Waals surface area contributed by atoms with Crippen molar-refractivity contribution in [1.29, 1.82) is 0 Å². The van der Waals surface area contributed by atoms with E-state index in [2.05, 4.69) is 163 Å². The highest BCUT2D eigenvalue weighted by atomic mass is 28.4. The van der Waals surface area contributed by atoms with Crippen molar-refractivity contribution in [2.45, 2.75) is 253 Å². The third-order valence-electron chi connectivity index (χ3n) is 13.9. The molecule has 0 N–H and O–H groups in total. The number of ketones is 1. The van der Waals surface area contributed by atoms with Gasteiger partial charge < -0.3 is 27.2 Å². The number of ether oxygens (including phenoxy) is 2. The lowest BCUT2D eigenvalue weighted by atomic mass is 9.88. The summed E-state index contributed by atoms with van der Waals surface area (Å²) >= 11 is 0. The monoisotopic (exact) mass is 875 g/mol. The van der Waals surface area contributed by atoms with E-state index in [-0.39, 0.29) is 56.1 Å². The van der Waals surface area contributed by atoms with Gasteiger partial charge in [0, 0.05) is 26.1 Å². The molecule has 7 nitrogen and oxygen atoms in total. The Morgan fingerprint density at radius 3 is 1.14 bits per heavy atom. The molecule has 0 fully saturated rings. The smallest absolute Gasteiger partial charge is 0.193 e. The van der Waals surface area contributed by atoms with Gasteiger partial charge in [-0.05, 0) is 125 Å². The van der Waals surface area contributed by atoms with E-state index in [9.17, 15) is 4.79 Å². The van der Waals surface area contributed by atoms with Crippen molar-refractivity contribution < 1.29 is 32.0 Å². The van der Waals surface area contributed by atoms with Crippen LogP contribution in [0, 0.1) is 11.8 Å². The first-order valence-corrected chi connectivity index (χ1v) is 33.9. The van der Waals surface area contributed by atoms with E-state index in [1.807, 2.05) is 20.8 Å². The van der Waals surface area contributed by atoms with Crippen molar-refractivity contribution in [3.8, 4) is 0 Å². The highest BCUT2D eigenvalue weighted by Crippen LogP contribution is 2.45. The first-order valence-electron chi connectivity index (χ1n) is 22.3. The highest BCUT2D eigenvalue weighted by molar-refractivity contribution is 6.75. The van der Waals surface area contributed by atoms with Gasteiger partial charge >= 0.3 is 0 Å². The molecule has 0 bridgehead atoms. The molecule has 6 atom stereocenters. The van der Waals surface area contributed by atoms with E-state index in [1.165, 1.54) is 0 Å².